The van der Waals surface area contributed by atoms with Crippen LogP contribution in [0.1, 0.15) is 25.3 Å². The number of aryl methyl sites for hydroxylation is 1. The van der Waals surface area contributed by atoms with Crippen molar-refractivity contribution in [2.24, 2.45) is 0 Å². The molecule has 152 valence electrons. The predicted octanol–water partition coefficient (Wildman–Crippen LogP) is 4.56. The van der Waals surface area contributed by atoms with Crippen LogP contribution >= 0.6 is 11.6 Å². The summed E-state index contributed by atoms with van der Waals surface area (Å²) < 4.78 is 10.9. The van der Waals surface area contributed by atoms with Crippen molar-refractivity contribution in [2.45, 2.75) is 33.2 Å². The van der Waals surface area contributed by atoms with Gasteiger partial charge in [-0.1, -0.05) is 46.6 Å². The normalized spacial score (nSPS) is 10.9. The average molecular weight is 414 g/mol. The van der Waals surface area contributed by atoms with Gasteiger partial charge in [-0.05, 0) is 45.0 Å². The molecule has 3 aromatic rings. The summed E-state index contributed by atoms with van der Waals surface area (Å²) in [6.07, 6.45) is 0.476. The lowest BCUT2D eigenvalue weighted by Gasteiger charge is -2.26. The van der Waals surface area contributed by atoms with Crippen LogP contribution in [0.15, 0.2) is 53.1 Å². The molecule has 3 rings (SSSR count). The van der Waals surface area contributed by atoms with E-state index < -0.39 is 0 Å². The standard InChI is InChI=1S/C22H24ClN3O3/c1-15(2)26(21(27)14-28-19-10-8-18(23)9-11-19)13-12-20-24-22(25-29-20)17-6-4-16(3)5-7-17/h4-11,15H,12-14H2,1-3H3. The van der Waals surface area contributed by atoms with Crippen molar-refractivity contribution < 1.29 is 14.1 Å². The molecule has 1 amide bonds. The molecule has 1 aromatic heterocycles. The van der Waals surface area contributed by atoms with E-state index in [9.17, 15) is 4.79 Å². The lowest BCUT2D eigenvalue weighted by Crippen LogP contribution is -2.41. The van der Waals surface area contributed by atoms with E-state index in [1.807, 2.05) is 45.0 Å². The summed E-state index contributed by atoms with van der Waals surface area (Å²) in [4.78, 5) is 18.8. The molecule has 0 bridgehead atoms. The first kappa shape index (κ1) is 20.9. The maximum absolute atomic E-state index is 12.6. The molecule has 2 aromatic carbocycles. The molecular weight excluding hydrogens is 390 g/mol. The molecule has 0 atom stereocenters. The minimum Gasteiger partial charge on any atom is -0.484 e. The Kier molecular flexibility index (Phi) is 6.88. The summed E-state index contributed by atoms with van der Waals surface area (Å²) in [5, 5.41) is 4.66. The third-order valence-corrected chi connectivity index (χ3v) is 4.72. The lowest BCUT2D eigenvalue weighted by molar-refractivity contribution is -0.135. The molecule has 6 nitrogen and oxygen atoms in total. The van der Waals surface area contributed by atoms with Crippen molar-refractivity contribution in [1.82, 2.24) is 15.0 Å². The van der Waals surface area contributed by atoms with Gasteiger partial charge in [-0.3, -0.25) is 4.79 Å². The van der Waals surface area contributed by atoms with Crippen LogP contribution in [-0.4, -0.2) is 40.1 Å². The summed E-state index contributed by atoms with van der Waals surface area (Å²) >= 11 is 5.86. The first-order chi connectivity index (χ1) is 13.9. The molecule has 0 radical (unpaired) electrons. The molecule has 0 saturated heterocycles. The number of hydrogen-bond acceptors (Lipinski definition) is 5. The van der Waals surface area contributed by atoms with E-state index in [0.29, 0.717) is 35.5 Å². The Labute approximate surface area is 175 Å². The largest absolute Gasteiger partial charge is 0.484 e. The van der Waals surface area contributed by atoms with Gasteiger partial charge in [0.1, 0.15) is 5.75 Å². The van der Waals surface area contributed by atoms with Gasteiger partial charge in [-0.15, -0.1) is 0 Å². The first-order valence-corrected chi connectivity index (χ1v) is 9.87. The van der Waals surface area contributed by atoms with Gasteiger partial charge in [0.2, 0.25) is 11.7 Å². The molecule has 7 heteroatoms. The van der Waals surface area contributed by atoms with E-state index in [1.54, 1.807) is 29.2 Å². The second-order valence-corrected chi connectivity index (χ2v) is 7.49. The number of ether oxygens (including phenoxy) is 1. The Morgan fingerprint density at radius 3 is 2.48 bits per heavy atom. The monoisotopic (exact) mass is 413 g/mol. The van der Waals surface area contributed by atoms with Crippen LogP contribution in [0, 0.1) is 6.92 Å². The number of halogens is 1. The third-order valence-electron chi connectivity index (χ3n) is 4.46. The van der Waals surface area contributed by atoms with Gasteiger partial charge >= 0.3 is 0 Å². The molecule has 0 fully saturated rings. The number of hydrogen-bond donors (Lipinski definition) is 0. The highest BCUT2D eigenvalue weighted by atomic mass is 35.5. The number of carbonyl (C=O) groups excluding carboxylic acids is 1. The maximum Gasteiger partial charge on any atom is 0.260 e. The van der Waals surface area contributed by atoms with Gasteiger partial charge in [0, 0.05) is 29.6 Å². The zero-order valence-corrected chi connectivity index (χ0v) is 17.5. The van der Waals surface area contributed by atoms with Crippen molar-refractivity contribution in [2.75, 3.05) is 13.2 Å². The van der Waals surface area contributed by atoms with Crippen LogP contribution in [0.25, 0.3) is 11.4 Å². The molecule has 0 saturated carbocycles. The lowest BCUT2D eigenvalue weighted by atomic mass is 10.1. The first-order valence-electron chi connectivity index (χ1n) is 9.50. The SMILES string of the molecule is Cc1ccc(-c2noc(CCN(C(=O)COc3ccc(Cl)cc3)C(C)C)n2)cc1. The van der Waals surface area contributed by atoms with Gasteiger partial charge in [-0.2, -0.15) is 4.98 Å². The van der Waals surface area contributed by atoms with E-state index in [0.717, 1.165) is 5.56 Å². The fourth-order valence-electron chi connectivity index (χ4n) is 2.82. The second kappa shape index (κ2) is 9.56. The molecule has 0 spiro atoms. The molecule has 29 heavy (non-hydrogen) atoms. The number of carbonyl (C=O) groups is 1. The summed E-state index contributed by atoms with van der Waals surface area (Å²) in [7, 11) is 0. The number of rotatable bonds is 8. The van der Waals surface area contributed by atoms with Crippen molar-refractivity contribution in [3.63, 3.8) is 0 Å². The van der Waals surface area contributed by atoms with Gasteiger partial charge < -0.3 is 14.2 Å². The van der Waals surface area contributed by atoms with Crippen molar-refractivity contribution in [3.05, 3.63) is 65.0 Å². The average Bonchev–Trinajstić information content (AvgIpc) is 3.17. The minimum absolute atomic E-state index is 0.0239. The molecule has 0 unspecified atom stereocenters. The number of nitrogens with zero attached hydrogens (tertiary/aromatic N) is 3. The Morgan fingerprint density at radius 1 is 1.14 bits per heavy atom. The highest BCUT2D eigenvalue weighted by Gasteiger charge is 2.19. The number of aromatic nitrogens is 2. The van der Waals surface area contributed by atoms with Crippen LogP contribution in [0.4, 0.5) is 0 Å². The van der Waals surface area contributed by atoms with Crippen molar-refractivity contribution in [3.8, 4) is 17.1 Å². The minimum atomic E-state index is -0.103. The Morgan fingerprint density at radius 2 is 1.83 bits per heavy atom. The van der Waals surface area contributed by atoms with Gasteiger partial charge in [0.05, 0.1) is 0 Å². The molecule has 0 N–H and O–H groups in total. The molecule has 0 aliphatic rings. The van der Waals surface area contributed by atoms with E-state index >= 15 is 0 Å². The highest BCUT2D eigenvalue weighted by molar-refractivity contribution is 6.30. The Hall–Kier alpha value is -2.86. The van der Waals surface area contributed by atoms with E-state index in [2.05, 4.69) is 10.1 Å². The quantitative estimate of drug-likeness (QED) is 0.541. The van der Waals surface area contributed by atoms with Crippen LogP contribution in [0.2, 0.25) is 5.02 Å². The smallest absolute Gasteiger partial charge is 0.260 e. The van der Waals surface area contributed by atoms with Gasteiger partial charge in [0.15, 0.2) is 6.61 Å². The third kappa shape index (κ3) is 5.81. The zero-order valence-electron chi connectivity index (χ0n) is 16.8. The molecule has 0 aliphatic heterocycles. The van der Waals surface area contributed by atoms with Crippen molar-refractivity contribution in [1.29, 1.82) is 0 Å². The van der Waals surface area contributed by atoms with Crippen LogP contribution in [0.3, 0.4) is 0 Å². The summed E-state index contributed by atoms with van der Waals surface area (Å²) in [6, 6.07) is 14.9. The Balaban J connectivity index is 1.57. The van der Waals surface area contributed by atoms with E-state index in [1.165, 1.54) is 5.56 Å². The van der Waals surface area contributed by atoms with E-state index in [4.69, 9.17) is 20.9 Å². The van der Waals surface area contributed by atoms with Gasteiger partial charge in [0.25, 0.3) is 5.91 Å². The summed E-state index contributed by atoms with van der Waals surface area (Å²) in [6.45, 7) is 6.38. The van der Waals surface area contributed by atoms with Gasteiger partial charge in [-0.25, -0.2) is 0 Å². The van der Waals surface area contributed by atoms with E-state index in [-0.39, 0.29) is 18.6 Å². The van der Waals surface area contributed by atoms with Crippen LogP contribution < -0.4 is 4.74 Å². The van der Waals surface area contributed by atoms with Crippen LogP contribution in [0.5, 0.6) is 5.75 Å². The maximum atomic E-state index is 12.6. The fourth-order valence-corrected chi connectivity index (χ4v) is 2.95. The fraction of sp³-hybridized carbons (Fsp3) is 0.318. The molecule has 0 aliphatic carbocycles. The number of amides is 1. The Bertz CT molecular complexity index is 937. The predicted molar refractivity (Wildman–Crippen MR) is 112 cm³/mol. The topological polar surface area (TPSA) is 68.5 Å². The zero-order chi connectivity index (χ0) is 20.8. The summed E-state index contributed by atoms with van der Waals surface area (Å²) in [5.74, 6) is 1.55. The molecular formula is C22H24ClN3O3. The summed E-state index contributed by atoms with van der Waals surface area (Å²) in [5.41, 5.74) is 2.07. The number of benzene rings is 2. The van der Waals surface area contributed by atoms with Crippen LogP contribution in [-0.2, 0) is 11.2 Å². The highest BCUT2D eigenvalue weighted by Crippen LogP contribution is 2.18. The second-order valence-electron chi connectivity index (χ2n) is 7.05. The van der Waals surface area contributed by atoms with Crippen molar-refractivity contribution >= 4 is 17.5 Å². The molecule has 1 heterocycles.